The van der Waals surface area contributed by atoms with Gasteiger partial charge in [-0.3, -0.25) is 14.5 Å². The van der Waals surface area contributed by atoms with Gasteiger partial charge in [0.05, 0.1) is 4.90 Å². The highest BCUT2D eigenvalue weighted by Crippen LogP contribution is 2.23. The summed E-state index contributed by atoms with van der Waals surface area (Å²) in [6, 6.07) is 16.4. The maximum atomic E-state index is 12.9. The summed E-state index contributed by atoms with van der Waals surface area (Å²) in [7, 11) is -3.63. The lowest BCUT2D eigenvalue weighted by molar-refractivity contribution is -0.122. The molecule has 8 heteroatoms. The molecule has 1 amide bonds. The molecule has 0 spiro atoms. The molecule has 2 aromatic carbocycles. The lowest BCUT2D eigenvalue weighted by Gasteiger charge is -2.14. The summed E-state index contributed by atoms with van der Waals surface area (Å²) < 4.78 is 29.4. The predicted molar refractivity (Wildman–Crippen MR) is 126 cm³/mol. The SMILES string of the molecule is CCCCC(N=C1NS(=O)(=O)c2ccccc21)C(=O)NCCCn1ccc2ccccc21. The molecular formula is C24H28N4O3S. The van der Waals surface area contributed by atoms with Gasteiger partial charge in [0.2, 0.25) is 5.91 Å². The van der Waals surface area contributed by atoms with Crippen molar-refractivity contribution in [2.45, 2.75) is 50.1 Å². The van der Waals surface area contributed by atoms with Crippen molar-refractivity contribution in [3.8, 4) is 0 Å². The molecule has 0 radical (unpaired) electrons. The van der Waals surface area contributed by atoms with Crippen LogP contribution in [0.2, 0.25) is 0 Å². The number of nitrogens with one attached hydrogen (secondary N) is 2. The molecule has 0 saturated carbocycles. The molecule has 0 fully saturated rings. The Labute approximate surface area is 188 Å². The molecule has 7 nitrogen and oxygen atoms in total. The monoisotopic (exact) mass is 452 g/mol. The number of nitrogens with zero attached hydrogens (tertiary/aromatic N) is 2. The molecule has 1 atom stereocenters. The van der Waals surface area contributed by atoms with Gasteiger partial charge in [0.15, 0.2) is 0 Å². The van der Waals surface area contributed by atoms with Crippen molar-refractivity contribution in [2.24, 2.45) is 4.99 Å². The quantitative estimate of drug-likeness (QED) is 0.487. The zero-order chi connectivity index (χ0) is 22.6. The zero-order valence-corrected chi connectivity index (χ0v) is 18.9. The molecule has 1 aliphatic rings. The number of amides is 1. The van der Waals surface area contributed by atoms with Crippen LogP contribution in [-0.4, -0.2) is 37.3 Å². The van der Waals surface area contributed by atoms with E-state index in [2.05, 4.69) is 50.9 Å². The number of rotatable bonds is 9. The van der Waals surface area contributed by atoms with Gasteiger partial charge in [0, 0.05) is 30.4 Å². The van der Waals surface area contributed by atoms with E-state index >= 15 is 0 Å². The Balaban J connectivity index is 1.41. The number of hydrogen-bond acceptors (Lipinski definition) is 4. The first-order valence-electron chi connectivity index (χ1n) is 11.0. The van der Waals surface area contributed by atoms with Crippen LogP contribution in [0.25, 0.3) is 10.9 Å². The molecule has 1 aliphatic heterocycles. The first kappa shape index (κ1) is 22.1. The molecule has 0 aliphatic carbocycles. The van der Waals surface area contributed by atoms with E-state index in [4.69, 9.17) is 0 Å². The molecule has 3 aromatic rings. The zero-order valence-electron chi connectivity index (χ0n) is 18.1. The van der Waals surface area contributed by atoms with Gasteiger partial charge >= 0.3 is 0 Å². The largest absolute Gasteiger partial charge is 0.354 e. The van der Waals surface area contributed by atoms with Crippen LogP contribution < -0.4 is 10.0 Å². The number of hydrogen-bond donors (Lipinski definition) is 2. The van der Waals surface area contributed by atoms with E-state index in [0.29, 0.717) is 18.5 Å². The van der Waals surface area contributed by atoms with Crippen LogP contribution >= 0.6 is 0 Å². The minimum atomic E-state index is -3.63. The predicted octanol–water partition coefficient (Wildman–Crippen LogP) is 3.45. The summed E-state index contributed by atoms with van der Waals surface area (Å²) in [5, 5.41) is 4.18. The molecule has 2 N–H and O–H groups in total. The number of sulfonamides is 1. The van der Waals surface area contributed by atoms with Gasteiger partial charge in [-0.25, -0.2) is 8.42 Å². The van der Waals surface area contributed by atoms with Gasteiger partial charge in [-0.1, -0.05) is 50.1 Å². The van der Waals surface area contributed by atoms with Crippen molar-refractivity contribution in [2.75, 3.05) is 6.54 Å². The summed E-state index contributed by atoms with van der Waals surface area (Å²) in [5.41, 5.74) is 1.69. The normalized spacial score (nSPS) is 16.6. The Kier molecular flexibility index (Phi) is 6.60. The van der Waals surface area contributed by atoms with Crippen LogP contribution in [0.3, 0.4) is 0 Å². The molecular weight excluding hydrogens is 424 g/mol. The first-order chi connectivity index (χ1) is 15.5. The average Bonchev–Trinajstić information content (AvgIpc) is 3.32. The fourth-order valence-corrected chi connectivity index (χ4v) is 5.19. The highest BCUT2D eigenvalue weighted by molar-refractivity contribution is 7.90. The van der Waals surface area contributed by atoms with Crippen LogP contribution in [0, 0.1) is 0 Å². The third-order valence-electron chi connectivity index (χ3n) is 5.64. The minimum Gasteiger partial charge on any atom is -0.354 e. The van der Waals surface area contributed by atoms with Crippen molar-refractivity contribution < 1.29 is 13.2 Å². The minimum absolute atomic E-state index is 0.174. The van der Waals surface area contributed by atoms with E-state index in [1.807, 2.05) is 12.1 Å². The van der Waals surface area contributed by atoms with E-state index < -0.39 is 16.1 Å². The van der Waals surface area contributed by atoms with Gasteiger partial charge in [0.25, 0.3) is 10.0 Å². The third-order valence-corrected chi connectivity index (χ3v) is 7.03. The van der Waals surface area contributed by atoms with Crippen molar-refractivity contribution in [1.82, 2.24) is 14.6 Å². The fourth-order valence-electron chi connectivity index (χ4n) is 3.95. The van der Waals surface area contributed by atoms with Gasteiger partial charge in [0.1, 0.15) is 11.9 Å². The van der Waals surface area contributed by atoms with Crippen LogP contribution in [0.4, 0.5) is 0 Å². The fraction of sp³-hybridized carbons (Fsp3) is 0.333. The number of para-hydroxylation sites is 1. The topological polar surface area (TPSA) is 92.6 Å². The van der Waals surface area contributed by atoms with Gasteiger partial charge in [-0.15, -0.1) is 0 Å². The van der Waals surface area contributed by atoms with Crippen LogP contribution in [0.5, 0.6) is 0 Å². The average molecular weight is 453 g/mol. The van der Waals surface area contributed by atoms with E-state index in [-0.39, 0.29) is 16.6 Å². The second-order valence-corrected chi connectivity index (χ2v) is 9.60. The lowest BCUT2D eigenvalue weighted by Crippen LogP contribution is -2.36. The highest BCUT2D eigenvalue weighted by Gasteiger charge is 2.31. The van der Waals surface area contributed by atoms with Gasteiger partial charge in [-0.05, 0) is 42.5 Å². The number of fused-ring (bicyclic) bond motifs is 2. The van der Waals surface area contributed by atoms with E-state index in [9.17, 15) is 13.2 Å². The Morgan fingerprint density at radius 3 is 2.72 bits per heavy atom. The number of amidine groups is 1. The molecule has 168 valence electrons. The number of aromatic nitrogens is 1. The molecule has 1 unspecified atom stereocenters. The molecule has 0 bridgehead atoms. The molecule has 1 aromatic heterocycles. The van der Waals surface area contributed by atoms with Crippen molar-refractivity contribution >= 4 is 32.7 Å². The Morgan fingerprint density at radius 1 is 1.09 bits per heavy atom. The van der Waals surface area contributed by atoms with Crippen LogP contribution in [-0.2, 0) is 21.4 Å². The standard InChI is InChI=1S/C24H28N4O3S/c1-2-3-11-20(26-23-19-10-5-7-13-22(19)32(30,31)27-23)24(29)25-15-8-16-28-17-14-18-9-4-6-12-21(18)28/h4-7,9-10,12-14,17,20H,2-3,8,11,15-16H2,1H3,(H,25,29)(H,26,27). The van der Waals surface area contributed by atoms with Crippen LogP contribution in [0.1, 0.15) is 38.2 Å². The maximum Gasteiger partial charge on any atom is 0.263 e. The van der Waals surface area contributed by atoms with Crippen molar-refractivity contribution in [3.05, 3.63) is 66.4 Å². The summed E-state index contributed by atoms with van der Waals surface area (Å²) in [4.78, 5) is 17.6. The summed E-state index contributed by atoms with van der Waals surface area (Å²) in [6.07, 6.45) is 5.18. The summed E-state index contributed by atoms with van der Waals surface area (Å²) in [6.45, 7) is 3.38. The highest BCUT2D eigenvalue weighted by atomic mass is 32.2. The lowest BCUT2D eigenvalue weighted by atomic mass is 10.1. The maximum absolute atomic E-state index is 12.9. The molecule has 4 rings (SSSR count). The second-order valence-electron chi connectivity index (χ2n) is 7.95. The number of carbonyl (C=O) groups excluding carboxylic acids is 1. The number of aryl methyl sites for hydroxylation is 1. The molecule has 2 heterocycles. The van der Waals surface area contributed by atoms with Crippen molar-refractivity contribution in [1.29, 1.82) is 0 Å². The first-order valence-corrected chi connectivity index (χ1v) is 12.5. The summed E-state index contributed by atoms with van der Waals surface area (Å²) >= 11 is 0. The van der Waals surface area contributed by atoms with E-state index in [1.54, 1.807) is 24.3 Å². The Bertz CT molecular complexity index is 1250. The number of carbonyl (C=O) groups is 1. The van der Waals surface area contributed by atoms with Gasteiger partial charge < -0.3 is 9.88 Å². The van der Waals surface area contributed by atoms with Crippen molar-refractivity contribution in [3.63, 3.8) is 0 Å². The number of aliphatic imine (C=N–C) groups is 1. The Hall–Kier alpha value is -3.13. The number of benzene rings is 2. The van der Waals surface area contributed by atoms with E-state index in [0.717, 1.165) is 25.8 Å². The molecule has 32 heavy (non-hydrogen) atoms. The summed E-state index contributed by atoms with van der Waals surface area (Å²) in [5.74, 6) is 0.0718. The third kappa shape index (κ3) is 4.70. The van der Waals surface area contributed by atoms with E-state index in [1.165, 1.54) is 10.9 Å². The smallest absolute Gasteiger partial charge is 0.263 e. The molecule has 0 saturated heterocycles. The second kappa shape index (κ2) is 9.56. The Morgan fingerprint density at radius 2 is 1.88 bits per heavy atom. The number of unbranched alkanes of at least 4 members (excludes halogenated alkanes) is 1. The van der Waals surface area contributed by atoms with Crippen LogP contribution in [0.15, 0.2) is 70.7 Å². The van der Waals surface area contributed by atoms with Gasteiger partial charge in [-0.2, -0.15) is 0 Å².